The van der Waals surface area contributed by atoms with Crippen LogP contribution >= 0.6 is 22.9 Å². The lowest BCUT2D eigenvalue weighted by Gasteiger charge is -2.28. The number of likely N-dealkylation sites (tertiary alicyclic amines) is 1. The van der Waals surface area contributed by atoms with Crippen molar-refractivity contribution in [3.05, 3.63) is 27.2 Å². The summed E-state index contributed by atoms with van der Waals surface area (Å²) in [6.07, 6.45) is -0.221. The molecule has 1 unspecified atom stereocenters. The second kappa shape index (κ2) is 10.5. The van der Waals surface area contributed by atoms with Crippen LogP contribution in [0.25, 0.3) is 0 Å². The van der Waals surface area contributed by atoms with Crippen LogP contribution in [-0.4, -0.2) is 59.0 Å². The zero-order valence-electron chi connectivity index (χ0n) is 18.9. The number of hydrogen-bond acceptors (Lipinski definition) is 8. The highest BCUT2D eigenvalue weighted by atomic mass is 32.2. The molecule has 0 bridgehead atoms. The summed E-state index contributed by atoms with van der Waals surface area (Å²) in [6.45, 7) is 6.79. The normalized spacial score (nSPS) is 19.6. The quantitative estimate of drug-likeness (QED) is 0.527. The lowest BCUT2D eigenvalue weighted by atomic mass is 10.1. The highest BCUT2D eigenvalue weighted by Gasteiger charge is 2.40. The maximum Gasteiger partial charge on any atom is 0.258 e. The van der Waals surface area contributed by atoms with Crippen molar-refractivity contribution in [3.8, 4) is 0 Å². The molecular weight excluding hydrogens is 489 g/mol. The molecule has 1 fully saturated rings. The van der Waals surface area contributed by atoms with Crippen molar-refractivity contribution in [2.75, 3.05) is 17.6 Å². The fourth-order valence-corrected chi connectivity index (χ4v) is 6.28. The van der Waals surface area contributed by atoms with E-state index in [1.165, 1.54) is 23.2 Å². The van der Waals surface area contributed by atoms with Crippen molar-refractivity contribution in [3.63, 3.8) is 0 Å². The first-order valence-electron chi connectivity index (χ1n) is 10.8. The Morgan fingerprint density at radius 1 is 1.33 bits per heavy atom. The molecule has 3 atom stereocenters. The highest BCUT2D eigenvalue weighted by molar-refractivity contribution is 7.89. The third-order valence-corrected chi connectivity index (χ3v) is 8.68. The molecule has 0 aliphatic carbocycles. The molecule has 182 valence electrons. The Hall–Kier alpha value is -1.96. The van der Waals surface area contributed by atoms with Crippen molar-refractivity contribution in [2.24, 2.45) is 0 Å². The van der Waals surface area contributed by atoms with Gasteiger partial charge >= 0.3 is 0 Å². The van der Waals surface area contributed by atoms with Crippen molar-refractivity contribution in [2.45, 2.75) is 65.2 Å². The number of aryl methyl sites for hydroxylation is 2. The van der Waals surface area contributed by atoms with Gasteiger partial charge in [-0.15, -0.1) is 11.3 Å². The number of aromatic nitrogens is 2. The molecule has 2 N–H and O–H groups in total. The second-order valence-electron chi connectivity index (χ2n) is 7.76. The van der Waals surface area contributed by atoms with Crippen LogP contribution in [0.5, 0.6) is 0 Å². The Balaban J connectivity index is 1.81. The summed E-state index contributed by atoms with van der Waals surface area (Å²) in [5.41, 5.74) is 0.427. The average molecular weight is 518 g/mol. The first kappa shape index (κ1) is 25.7. The van der Waals surface area contributed by atoms with E-state index in [0.29, 0.717) is 27.8 Å². The van der Waals surface area contributed by atoms with Gasteiger partial charge in [0.1, 0.15) is 18.0 Å². The lowest BCUT2D eigenvalue weighted by molar-refractivity contribution is -0.134. The van der Waals surface area contributed by atoms with Gasteiger partial charge in [-0.05, 0) is 26.3 Å². The van der Waals surface area contributed by atoms with Gasteiger partial charge in [0.05, 0.1) is 23.9 Å². The molecule has 2 aromatic rings. The summed E-state index contributed by atoms with van der Waals surface area (Å²) in [7, 11) is -3.60. The number of nitrogens with zero attached hydrogens (tertiary/aromatic N) is 3. The van der Waals surface area contributed by atoms with Crippen LogP contribution in [0.3, 0.4) is 0 Å². The van der Waals surface area contributed by atoms with E-state index in [2.05, 4.69) is 19.4 Å². The Labute approximate surface area is 201 Å². The first-order chi connectivity index (χ1) is 15.6. The monoisotopic (exact) mass is 517 g/mol. The van der Waals surface area contributed by atoms with Crippen molar-refractivity contribution >= 4 is 49.8 Å². The van der Waals surface area contributed by atoms with Crippen LogP contribution < -0.4 is 10.0 Å². The van der Waals surface area contributed by atoms with E-state index in [1.807, 2.05) is 6.92 Å². The number of carbonyl (C=O) groups excluding carboxylic acids is 2. The van der Waals surface area contributed by atoms with E-state index < -0.39 is 34.2 Å². The smallest absolute Gasteiger partial charge is 0.258 e. The maximum atomic E-state index is 14.4. The molecule has 3 heterocycles. The molecule has 13 heteroatoms. The summed E-state index contributed by atoms with van der Waals surface area (Å²) in [4.78, 5) is 33.0. The van der Waals surface area contributed by atoms with Crippen LogP contribution in [0.2, 0.25) is 0 Å². The van der Waals surface area contributed by atoms with Crippen LogP contribution in [0, 0.1) is 6.92 Å². The van der Waals surface area contributed by atoms with Gasteiger partial charge in [0.15, 0.2) is 0 Å². The minimum Gasteiger partial charge on any atom is -0.330 e. The Kier molecular flexibility index (Phi) is 8.19. The molecular formula is C20H28FN5O4S3. The largest absolute Gasteiger partial charge is 0.330 e. The maximum absolute atomic E-state index is 14.4. The van der Waals surface area contributed by atoms with Gasteiger partial charge in [-0.3, -0.25) is 14.9 Å². The number of nitrogens with one attached hydrogen (secondary N) is 2. The van der Waals surface area contributed by atoms with Gasteiger partial charge in [-0.1, -0.05) is 13.8 Å². The number of amides is 2. The van der Waals surface area contributed by atoms with Gasteiger partial charge in [0.25, 0.3) is 5.91 Å². The average Bonchev–Trinajstić information content (AvgIpc) is 3.49. The zero-order chi connectivity index (χ0) is 24.3. The number of halogens is 1. The summed E-state index contributed by atoms with van der Waals surface area (Å²) >= 11 is 2.43. The minimum absolute atomic E-state index is 0.0972. The van der Waals surface area contributed by atoms with E-state index in [-0.39, 0.29) is 31.0 Å². The third kappa shape index (κ3) is 5.94. The Morgan fingerprint density at radius 2 is 2.06 bits per heavy atom. The number of carbonyl (C=O) groups is 2. The standard InChI is InChI=1S/C20H28FN5O4S3/c1-5-14(25-33(29,30)7-3)19(28)26-10-12(21)8-15(26)16-9-13(11(4)31-16)18(27)23-20-22-17(6-2)24-32-20/h9,12,14-15,25H,5-8,10H2,1-4H3,(H,22,23,24,27)/t12-,14+,15?/m1/s1. The van der Waals surface area contributed by atoms with Crippen LogP contribution in [0.15, 0.2) is 6.07 Å². The number of rotatable bonds is 9. The molecule has 1 aliphatic heterocycles. The molecule has 1 saturated heterocycles. The molecule has 3 rings (SSSR count). The topological polar surface area (TPSA) is 121 Å². The molecule has 1 aliphatic rings. The van der Waals surface area contributed by atoms with Crippen LogP contribution in [0.1, 0.15) is 65.6 Å². The summed E-state index contributed by atoms with van der Waals surface area (Å²) < 4.78 is 45.0. The van der Waals surface area contributed by atoms with Crippen LogP contribution in [-0.2, 0) is 21.2 Å². The van der Waals surface area contributed by atoms with Crippen LogP contribution in [0.4, 0.5) is 9.52 Å². The predicted octanol–water partition coefficient (Wildman–Crippen LogP) is 3.05. The van der Waals surface area contributed by atoms with E-state index in [9.17, 15) is 22.4 Å². The molecule has 2 amide bonds. The van der Waals surface area contributed by atoms with E-state index in [1.54, 1.807) is 19.9 Å². The summed E-state index contributed by atoms with van der Waals surface area (Å²) in [5.74, 6) is -0.305. The molecule has 9 nitrogen and oxygen atoms in total. The molecule has 0 radical (unpaired) electrons. The molecule has 0 aromatic carbocycles. The minimum atomic E-state index is -3.60. The van der Waals surface area contributed by atoms with Crippen molar-refractivity contribution < 1.29 is 22.4 Å². The number of alkyl halides is 1. The van der Waals surface area contributed by atoms with Gasteiger partial charge < -0.3 is 4.90 Å². The first-order valence-corrected chi connectivity index (χ1v) is 14.0. The summed E-state index contributed by atoms with van der Waals surface area (Å²) in [6, 6.07) is 0.153. The van der Waals surface area contributed by atoms with E-state index >= 15 is 0 Å². The van der Waals surface area contributed by atoms with Gasteiger partial charge in [0.2, 0.25) is 21.1 Å². The lowest BCUT2D eigenvalue weighted by Crippen LogP contribution is -2.48. The fourth-order valence-electron chi connectivity index (χ4n) is 3.61. The number of anilines is 1. The Bertz CT molecular complexity index is 1120. The number of hydrogen-bond donors (Lipinski definition) is 2. The highest BCUT2D eigenvalue weighted by Crippen LogP contribution is 2.39. The number of sulfonamides is 1. The molecule has 2 aromatic heterocycles. The fraction of sp³-hybridized carbons (Fsp3) is 0.600. The zero-order valence-corrected chi connectivity index (χ0v) is 21.4. The van der Waals surface area contributed by atoms with Crippen molar-refractivity contribution in [1.82, 2.24) is 19.0 Å². The SMILES string of the molecule is CCc1nsc(NC(=O)c2cc(C3C[C@@H](F)CN3C(=O)[C@H](CC)NS(=O)(=O)CC)sc2C)n1. The van der Waals surface area contributed by atoms with E-state index in [0.717, 1.165) is 16.4 Å². The van der Waals surface area contributed by atoms with E-state index in [4.69, 9.17) is 0 Å². The predicted molar refractivity (Wildman–Crippen MR) is 127 cm³/mol. The van der Waals surface area contributed by atoms with Crippen molar-refractivity contribution in [1.29, 1.82) is 0 Å². The third-order valence-electron chi connectivity index (χ3n) is 5.46. The number of thiophene rings is 1. The molecule has 0 spiro atoms. The second-order valence-corrected chi connectivity index (χ2v) is 11.8. The Morgan fingerprint density at radius 3 is 2.67 bits per heavy atom. The van der Waals surface area contributed by atoms with Gasteiger partial charge in [-0.25, -0.2) is 22.5 Å². The molecule has 0 saturated carbocycles. The summed E-state index contributed by atoms with van der Waals surface area (Å²) in [5, 5.41) is 3.14. The van der Waals surface area contributed by atoms with Gasteiger partial charge in [-0.2, -0.15) is 4.37 Å². The molecule has 33 heavy (non-hydrogen) atoms. The van der Waals surface area contributed by atoms with Gasteiger partial charge in [0, 0.05) is 34.1 Å².